The van der Waals surface area contributed by atoms with Crippen LogP contribution in [-0.2, 0) is 20.0 Å². The first-order valence-electron chi connectivity index (χ1n) is 7.52. The van der Waals surface area contributed by atoms with Gasteiger partial charge in [-0.15, -0.1) is 0 Å². The highest BCUT2D eigenvalue weighted by molar-refractivity contribution is 5.43. The molecule has 2 aromatic rings. The topological polar surface area (TPSA) is 39.1 Å². The summed E-state index contributed by atoms with van der Waals surface area (Å²) >= 11 is 0. The first kappa shape index (κ1) is 15.6. The van der Waals surface area contributed by atoms with Crippen molar-refractivity contribution >= 4 is 0 Å². The predicted octanol–water partition coefficient (Wildman–Crippen LogP) is 2.77. The summed E-state index contributed by atoms with van der Waals surface area (Å²) in [5.74, 6) is 1.01. The molecule has 114 valence electrons. The van der Waals surface area contributed by atoms with Gasteiger partial charge in [0.05, 0.1) is 6.61 Å². The van der Waals surface area contributed by atoms with Gasteiger partial charge in [-0.3, -0.25) is 4.68 Å². The van der Waals surface area contributed by atoms with Crippen LogP contribution in [-0.4, -0.2) is 22.9 Å². The van der Waals surface area contributed by atoms with Crippen molar-refractivity contribution in [1.29, 1.82) is 0 Å². The highest BCUT2D eigenvalue weighted by Gasteiger charge is 2.07. The van der Waals surface area contributed by atoms with Crippen molar-refractivity contribution < 1.29 is 4.74 Å². The average Bonchev–Trinajstić information content (AvgIpc) is 2.85. The molecule has 21 heavy (non-hydrogen) atoms. The molecule has 2 rings (SSSR count). The Morgan fingerprint density at radius 2 is 1.95 bits per heavy atom. The van der Waals surface area contributed by atoms with E-state index >= 15 is 0 Å². The lowest BCUT2D eigenvalue weighted by molar-refractivity contribution is 0.314. The first-order chi connectivity index (χ1) is 10.1. The van der Waals surface area contributed by atoms with Crippen molar-refractivity contribution in [1.82, 2.24) is 15.1 Å². The summed E-state index contributed by atoms with van der Waals surface area (Å²) in [6.07, 6.45) is 2.69. The van der Waals surface area contributed by atoms with E-state index in [1.807, 2.05) is 24.0 Å². The van der Waals surface area contributed by atoms with Crippen LogP contribution in [0.3, 0.4) is 0 Å². The molecule has 0 fully saturated rings. The van der Waals surface area contributed by atoms with Crippen molar-refractivity contribution in [2.24, 2.45) is 7.05 Å². The van der Waals surface area contributed by atoms with Gasteiger partial charge >= 0.3 is 0 Å². The lowest BCUT2D eigenvalue weighted by Gasteiger charge is -2.14. The van der Waals surface area contributed by atoms with Gasteiger partial charge in [0.25, 0.3) is 0 Å². The second-order valence-electron chi connectivity index (χ2n) is 5.38. The van der Waals surface area contributed by atoms with Gasteiger partial charge in [-0.2, -0.15) is 5.10 Å². The molecular formula is C17H25N3O. The van der Waals surface area contributed by atoms with E-state index in [-0.39, 0.29) is 0 Å². The van der Waals surface area contributed by atoms with Crippen LogP contribution < -0.4 is 10.1 Å². The average molecular weight is 287 g/mol. The fourth-order valence-electron chi connectivity index (χ4n) is 2.54. The molecule has 0 saturated heterocycles. The number of aromatic nitrogens is 2. The maximum Gasteiger partial charge on any atom is 0.125 e. The summed E-state index contributed by atoms with van der Waals surface area (Å²) in [5, 5.41) is 7.53. The second kappa shape index (κ2) is 7.27. The van der Waals surface area contributed by atoms with E-state index in [0.29, 0.717) is 6.61 Å². The van der Waals surface area contributed by atoms with Crippen molar-refractivity contribution in [3.63, 3.8) is 0 Å². The Bertz CT molecular complexity index is 566. The molecule has 0 aliphatic carbocycles. The number of nitrogens with one attached hydrogen (secondary N) is 1. The number of nitrogens with zero attached hydrogens (tertiary/aromatic N) is 2. The SMILES string of the molecule is CCNCc1cc(C)c(OCCc2ccnn2C)c(C)c1. The molecule has 0 radical (unpaired) electrons. The Kier molecular flexibility index (Phi) is 5.39. The fraction of sp³-hybridized carbons (Fsp3) is 0.471. The van der Waals surface area contributed by atoms with Crippen LogP contribution in [0.4, 0.5) is 0 Å². The number of ether oxygens (including phenoxy) is 1. The molecule has 0 unspecified atom stereocenters. The third-order valence-corrected chi connectivity index (χ3v) is 3.63. The van der Waals surface area contributed by atoms with Crippen molar-refractivity contribution in [2.75, 3.05) is 13.2 Å². The van der Waals surface area contributed by atoms with Crippen molar-refractivity contribution in [3.05, 3.63) is 46.8 Å². The number of hydrogen-bond acceptors (Lipinski definition) is 3. The molecule has 1 aromatic carbocycles. The Balaban J connectivity index is 1.98. The molecule has 1 N–H and O–H groups in total. The molecule has 1 aromatic heterocycles. The minimum Gasteiger partial charge on any atom is -0.493 e. The molecule has 0 amide bonds. The van der Waals surface area contributed by atoms with Crippen LogP contribution in [0.5, 0.6) is 5.75 Å². The van der Waals surface area contributed by atoms with Crippen LogP contribution in [0.25, 0.3) is 0 Å². The molecular weight excluding hydrogens is 262 g/mol. The summed E-state index contributed by atoms with van der Waals surface area (Å²) in [5.41, 5.74) is 4.90. The smallest absolute Gasteiger partial charge is 0.125 e. The lowest BCUT2D eigenvalue weighted by atomic mass is 10.1. The molecule has 1 heterocycles. The van der Waals surface area contributed by atoms with Gasteiger partial charge < -0.3 is 10.1 Å². The van der Waals surface area contributed by atoms with Crippen molar-refractivity contribution in [3.8, 4) is 5.75 Å². The molecule has 4 heteroatoms. The van der Waals surface area contributed by atoms with Crippen LogP contribution in [0.15, 0.2) is 24.4 Å². The zero-order chi connectivity index (χ0) is 15.2. The fourth-order valence-corrected chi connectivity index (χ4v) is 2.54. The first-order valence-corrected chi connectivity index (χ1v) is 7.52. The third kappa shape index (κ3) is 4.08. The van der Waals surface area contributed by atoms with Crippen LogP contribution >= 0.6 is 0 Å². The Morgan fingerprint density at radius 1 is 1.24 bits per heavy atom. The minimum absolute atomic E-state index is 0.674. The monoisotopic (exact) mass is 287 g/mol. The quantitative estimate of drug-likeness (QED) is 0.851. The van der Waals surface area contributed by atoms with Gasteiger partial charge in [-0.05, 0) is 43.1 Å². The van der Waals surface area contributed by atoms with E-state index in [4.69, 9.17) is 4.74 Å². The van der Waals surface area contributed by atoms with Gasteiger partial charge in [0.15, 0.2) is 0 Å². The highest BCUT2D eigenvalue weighted by Crippen LogP contribution is 2.25. The number of hydrogen-bond donors (Lipinski definition) is 1. The summed E-state index contributed by atoms with van der Waals surface area (Å²) in [4.78, 5) is 0. The van der Waals surface area contributed by atoms with Gasteiger partial charge in [0.2, 0.25) is 0 Å². The Labute approximate surface area is 127 Å². The van der Waals surface area contributed by atoms with Crippen LogP contribution in [0, 0.1) is 13.8 Å². The predicted molar refractivity (Wildman–Crippen MR) is 85.7 cm³/mol. The highest BCUT2D eigenvalue weighted by atomic mass is 16.5. The largest absolute Gasteiger partial charge is 0.493 e. The van der Waals surface area contributed by atoms with E-state index in [2.05, 4.69) is 43.3 Å². The van der Waals surface area contributed by atoms with E-state index < -0.39 is 0 Å². The van der Waals surface area contributed by atoms with Crippen molar-refractivity contribution in [2.45, 2.75) is 33.7 Å². The lowest BCUT2D eigenvalue weighted by Crippen LogP contribution is -2.12. The van der Waals surface area contributed by atoms with Gasteiger partial charge in [0.1, 0.15) is 5.75 Å². The zero-order valence-electron chi connectivity index (χ0n) is 13.4. The Morgan fingerprint density at radius 3 is 2.52 bits per heavy atom. The molecule has 0 atom stereocenters. The van der Waals surface area contributed by atoms with E-state index in [1.54, 1.807) is 0 Å². The molecule has 0 aliphatic heterocycles. The number of rotatable bonds is 7. The van der Waals surface area contributed by atoms with Gasteiger partial charge in [-0.1, -0.05) is 19.1 Å². The maximum absolute atomic E-state index is 5.99. The summed E-state index contributed by atoms with van der Waals surface area (Å²) in [6, 6.07) is 6.44. The minimum atomic E-state index is 0.674. The normalized spacial score (nSPS) is 10.9. The number of benzene rings is 1. The van der Waals surface area contributed by atoms with E-state index in [1.165, 1.54) is 22.4 Å². The third-order valence-electron chi connectivity index (χ3n) is 3.63. The summed E-state index contributed by atoms with van der Waals surface area (Å²) in [7, 11) is 1.96. The van der Waals surface area contributed by atoms with Crippen LogP contribution in [0.2, 0.25) is 0 Å². The second-order valence-corrected chi connectivity index (χ2v) is 5.38. The molecule has 0 spiro atoms. The van der Waals surface area contributed by atoms with Crippen LogP contribution in [0.1, 0.15) is 29.3 Å². The molecule has 0 bridgehead atoms. The number of aryl methyl sites for hydroxylation is 3. The molecule has 0 aliphatic rings. The molecule has 0 saturated carbocycles. The van der Waals surface area contributed by atoms with Gasteiger partial charge in [-0.25, -0.2) is 0 Å². The van der Waals surface area contributed by atoms with E-state index in [0.717, 1.165) is 25.3 Å². The standard InChI is InChI=1S/C17H25N3O/c1-5-18-12-15-10-13(2)17(14(3)11-15)21-9-7-16-6-8-19-20(16)4/h6,8,10-11,18H,5,7,9,12H2,1-4H3. The maximum atomic E-state index is 5.99. The van der Waals surface area contributed by atoms with Gasteiger partial charge in [0, 0.05) is 31.9 Å². The summed E-state index contributed by atoms with van der Waals surface area (Å²) in [6.45, 7) is 8.92. The van der Waals surface area contributed by atoms with E-state index in [9.17, 15) is 0 Å². The molecule has 4 nitrogen and oxygen atoms in total. The summed E-state index contributed by atoms with van der Waals surface area (Å²) < 4.78 is 7.89. The Hall–Kier alpha value is -1.81. The zero-order valence-corrected chi connectivity index (χ0v) is 13.4.